The molecule has 0 spiro atoms. The highest BCUT2D eigenvalue weighted by Gasteiger charge is 2.29. The van der Waals surface area contributed by atoms with E-state index >= 15 is 0 Å². The molecule has 2 aliphatic rings. The van der Waals surface area contributed by atoms with Crippen LogP contribution in [0, 0.1) is 0 Å². The Labute approximate surface area is 128 Å². The molecular formula is C15H20N4O3. The third-order valence-corrected chi connectivity index (χ3v) is 4.04. The minimum atomic E-state index is -0.288. The van der Waals surface area contributed by atoms with Gasteiger partial charge >= 0.3 is 0 Å². The predicted octanol–water partition coefficient (Wildman–Crippen LogP) is 0.838. The van der Waals surface area contributed by atoms with E-state index in [0.717, 1.165) is 25.7 Å². The van der Waals surface area contributed by atoms with Crippen LogP contribution in [0.4, 0.5) is 11.6 Å². The van der Waals surface area contributed by atoms with Crippen LogP contribution in [0.2, 0.25) is 0 Å². The number of carbonyl (C=O) groups excluding carboxylic acids is 2. The van der Waals surface area contributed by atoms with Crippen molar-refractivity contribution in [3.8, 4) is 5.75 Å². The Hall–Kier alpha value is -2.31. The number of fused-ring (bicyclic) bond motifs is 1. The summed E-state index contributed by atoms with van der Waals surface area (Å²) in [6.07, 6.45) is 5.52. The van der Waals surface area contributed by atoms with E-state index in [4.69, 9.17) is 10.5 Å². The molecule has 0 aromatic carbocycles. The van der Waals surface area contributed by atoms with E-state index in [0.29, 0.717) is 11.6 Å². The largest absolute Gasteiger partial charge is 0.480 e. The molecule has 3 N–H and O–H groups in total. The van der Waals surface area contributed by atoms with Crippen molar-refractivity contribution in [2.45, 2.75) is 38.1 Å². The fourth-order valence-electron chi connectivity index (χ4n) is 2.92. The van der Waals surface area contributed by atoms with E-state index in [1.54, 1.807) is 12.1 Å². The molecule has 2 amide bonds. The second-order valence-corrected chi connectivity index (χ2v) is 5.73. The molecule has 0 radical (unpaired) electrons. The van der Waals surface area contributed by atoms with Gasteiger partial charge in [0.2, 0.25) is 5.91 Å². The molecule has 7 heteroatoms. The number of hydrogen-bond acceptors (Lipinski definition) is 5. The van der Waals surface area contributed by atoms with Gasteiger partial charge in [0.25, 0.3) is 5.91 Å². The van der Waals surface area contributed by atoms with E-state index in [2.05, 4.69) is 10.3 Å². The van der Waals surface area contributed by atoms with Gasteiger partial charge in [0.1, 0.15) is 12.4 Å². The smallest absolute Gasteiger partial charge is 0.266 e. The number of rotatable bonds is 3. The quantitative estimate of drug-likeness (QED) is 0.862. The Kier molecular flexibility index (Phi) is 4.13. The fraction of sp³-hybridized carbons (Fsp3) is 0.533. The van der Waals surface area contributed by atoms with Crippen LogP contribution in [0.5, 0.6) is 5.75 Å². The SMILES string of the molecule is Nc1ccc2c(n1)N(CC(=O)NC1CCCCC1)C(=O)CO2. The Morgan fingerprint density at radius 2 is 2.14 bits per heavy atom. The number of anilines is 2. The first-order valence-corrected chi connectivity index (χ1v) is 7.62. The molecule has 0 atom stereocenters. The number of aromatic nitrogens is 1. The van der Waals surface area contributed by atoms with E-state index in [1.165, 1.54) is 11.3 Å². The maximum atomic E-state index is 12.2. The van der Waals surface area contributed by atoms with Crippen molar-refractivity contribution >= 4 is 23.5 Å². The van der Waals surface area contributed by atoms with Crippen LogP contribution in [0.15, 0.2) is 12.1 Å². The molecular weight excluding hydrogens is 284 g/mol. The van der Waals surface area contributed by atoms with Crippen LogP contribution >= 0.6 is 0 Å². The number of nitrogen functional groups attached to an aromatic ring is 1. The van der Waals surface area contributed by atoms with Gasteiger partial charge < -0.3 is 15.8 Å². The number of hydrogen-bond donors (Lipinski definition) is 2. The predicted molar refractivity (Wildman–Crippen MR) is 81.5 cm³/mol. The maximum Gasteiger partial charge on any atom is 0.266 e. The van der Waals surface area contributed by atoms with Gasteiger partial charge in [-0.15, -0.1) is 0 Å². The first kappa shape index (κ1) is 14.6. The van der Waals surface area contributed by atoms with Gasteiger partial charge in [0, 0.05) is 6.04 Å². The number of pyridine rings is 1. The van der Waals surface area contributed by atoms with E-state index in [1.807, 2.05) is 0 Å². The van der Waals surface area contributed by atoms with Gasteiger partial charge in [-0.1, -0.05) is 19.3 Å². The second-order valence-electron chi connectivity index (χ2n) is 5.73. The molecule has 22 heavy (non-hydrogen) atoms. The fourth-order valence-corrected chi connectivity index (χ4v) is 2.92. The molecule has 1 aliphatic heterocycles. The van der Waals surface area contributed by atoms with Gasteiger partial charge in [-0.05, 0) is 25.0 Å². The normalized spacial score (nSPS) is 18.5. The van der Waals surface area contributed by atoms with Crippen LogP contribution in [0.1, 0.15) is 32.1 Å². The van der Waals surface area contributed by atoms with Crippen molar-refractivity contribution in [2.24, 2.45) is 0 Å². The molecule has 118 valence electrons. The Morgan fingerprint density at radius 1 is 1.36 bits per heavy atom. The minimum Gasteiger partial charge on any atom is -0.480 e. The van der Waals surface area contributed by atoms with E-state index in [9.17, 15) is 9.59 Å². The highest BCUT2D eigenvalue weighted by Crippen LogP contribution is 2.30. The van der Waals surface area contributed by atoms with Crippen LogP contribution in [0.3, 0.4) is 0 Å². The van der Waals surface area contributed by atoms with Crippen molar-refractivity contribution in [1.29, 1.82) is 0 Å². The highest BCUT2D eigenvalue weighted by atomic mass is 16.5. The molecule has 0 bridgehead atoms. The zero-order valence-electron chi connectivity index (χ0n) is 12.4. The van der Waals surface area contributed by atoms with Gasteiger partial charge in [-0.3, -0.25) is 14.5 Å². The molecule has 1 fully saturated rings. The average Bonchev–Trinajstić information content (AvgIpc) is 2.51. The zero-order chi connectivity index (χ0) is 15.5. The number of nitrogens with two attached hydrogens (primary N) is 1. The summed E-state index contributed by atoms with van der Waals surface area (Å²) in [6.45, 7) is -0.141. The molecule has 0 saturated heterocycles. The summed E-state index contributed by atoms with van der Waals surface area (Å²) in [5.74, 6) is 0.616. The molecule has 2 heterocycles. The lowest BCUT2D eigenvalue weighted by Gasteiger charge is -2.29. The Bertz CT molecular complexity index is 584. The number of nitrogens with zero attached hydrogens (tertiary/aromatic N) is 2. The van der Waals surface area contributed by atoms with Crippen LogP contribution in [-0.2, 0) is 9.59 Å². The summed E-state index contributed by atoms with van der Waals surface area (Å²) < 4.78 is 5.31. The number of amides is 2. The van der Waals surface area contributed by atoms with E-state index < -0.39 is 0 Å². The maximum absolute atomic E-state index is 12.2. The third-order valence-electron chi connectivity index (χ3n) is 4.04. The average molecular weight is 304 g/mol. The molecule has 0 unspecified atom stereocenters. The Morgan fingerprint density at radius 3 is 2.91 bits per heavy atom. The lowest BCUT2D eigenvalue weighted by molar-refractivity contribution is -0.125. The van der Waals surface area contributed by atoms with Crippen LogP contribution < -0.4 is 20.7 Å². The summed E-state index contributed by atoms with van der Waals surface area (Å²) in [5.41, 5.74) is 5.66. The van der Waals surface area contributed by atoms with Gasteiger partial charge in [-0.2, -0.15) is 0 Å². The minimum absolute atomic E-state index is 0.0534. The van der Waals surface area contributed by atoms with Crippen LogP contribution in [0.25, 0.3) is 0 Å². The standard InChI is InChI=1S/C15H20N4O3/c16-12-7-6-11-15(18-12)19(14(21)9-22-11)8-13(20)17-10-4-2-1-3-5-10/h6-7,10H,1-5,8-9H2,(H2,16,18)(H,17,20). The molecule has 7 nitrogen and oxygen atoms in total. The monoisotopic (exact) mass is 304 g/mol. The highest BCUT2D eigenvalue weighted by molar-refractivity contribution is 6.01. The van der Waals surface area contributed by atoms with Gasteiger partial charge in [0.05, 0.1) is 0 Å². The van der Waals surface area contributed by atoms with E-state index in [-0.39, 0.29) is 36.8 Å². The second kappa shape index (κ2) is 6.21. The summed E-state index contributed by atoms with van der Waals surface area (Å²) >= 11 is 0. The van der Waals surface area contributed by atoms with Crippen molar-refractivity contribution in [1.82, 2.24) is 10.3 Å². The molecule has 1 aromatic rings. The Balaban J connectivity index is 1.70. The summed E-state index contributed by atoms with van der Waals surface area (Å²) in [5, 5.41) is 3.00. The van der Waals surface area contributed by atoms with Gasteiger partial charge in [-0.25, -0.2) is 4.98 Å². The lowest BCUT2D eigenvalue weighted by atomic mass is 9.95. The first-order valence-electron chi connectivity index (χ1n) is 7.62. The summed E-state index contributed by atoms with van der Waals surface area (Å²) in [4.78, 5) is 29.7. The van der Waals surface area contributed by atoms with Crippen molar-refractivity contribution in [3.05, 3.63) is 12.1 Å². The molecule has 1 aliphatic carbocycles. The first-order chi connectivity index (χ1) is 10.6. The molecule has 1 saturated carbocycles. The number of nitrogens with one attached hydrogen (secondary N) is 1. The topological polar surface area (TPSA) is 97.5 Å². The lowest BCUT2D eigenvalue weighted by Crippen LogP contribution is -2.48. The summed E-state index contributed by atoms with van der Waals surface area (Å²) in [6, 6.07) is 3.48. The third kappa shape index (κ3) is 3.13. The summed E-state index contributed by atoms with van der Waals surface area (Å²) in [7, 11) is 0. The molecule has 1 aromatic heterocycles. The molecule has 3 rings (SSSR count). The van der Waals surface area contributed by atoms with Crippen molar-refractivity contribution in [3.63, 3.8) is 0 Å². The van der Waals surface area contributed by atoms with Crippen molar-refractivity contribution < 1.29 is 14.3 Å². The number of ether oxygens (including phenoxy) is 1. The zero-order valence-corrected chi connectivity index (χ0v) is 12.4. The van der Waals surface area contributed by atoms with Gasteiger partial charge in [0.15, 0.2) is 18.2 Å². The van der Waals surface area contributed by atoms with Crippen LogP contribution in [-0.4, -0.2) is 36.0 Å². The van der Waals surface area contributed by atoms with Crippen molar-refractivity contribution in [2.75, 3.05) is 23.8 Å². The number of carbonyl (C=O) groups is 2.